The van der Waals surface area contributed by atoms with Gasteiger partial charge in [0.25, 0.3) is 0 Å². The van der Waals surface area contributed by atoms with E-state index in [4.69, 9.17) is 14.6 Å². The summed E-state index contributed by atoms with van der Waals surface area (Å²) in [4.78, 5) is 11.0. The van der Waals surface area contributed by atoms with Crippen molar-refractivity contribution in [3.63, 3.8) is 0 Å². The molecule has 94 valence electrons. The van der Waals surface area contributed by atoms with Crippen LogP contribution in [0.15, 0.2) is 36.4 Å². The largest absolute Gasteiger partial charge is 0.490 e. The minimum absolute atomic E-state index is 0.249. The van der Waals surface area contributed by atoms with Crippen LogP contribution in [0.5, 0.6) is 16.6 Å². The van der Waals surface area contributed by atoms with Crippen LogP contribution >= 0.6 is 11.3 Å². The Bertz CT molecular complexity index is 547. The molecule has 18 heavy (non-hydrogen) atoms. The standard InChI is InChI=1S/C13H12O4S/c1-2-16-9-5-3-4-6-10(9)17-12-8-7-11(18-12)13(14)15/h3-8H,2H2,1H3,(H,14,15). The van der Waals surface area contributed by atoms with Gasteiger partial charge in [0, 0.05) is 0 Å². The fourth-order valence-electron chi connectivity index (χ4n) is 1.41. The van der Waals surface area contributed by atoms with E-state index < -0.39 is 5.97 Å². The third-order valence-electron chi connectivity index (χ3n) is 2.15. The number of carboxylic acids is 1. The molecule has 2 rings (SSSR count). The fraction of sp³-hybridized carbons (Fsp3) is 0.154. The number of hydrogen-bond acceptors (Lipinski definition) is 4. The SMILES string of the molecule is CCOc1ccccc1Oc1ccc(C(=O)O)s1. The summed E-state index contributed by atoms with van der Waals surface area (Å²) < 4.78 is 11.0. The summed E-state index contributed by atoms with van der Waals surface area (Å²) in [7, 11) is 0. The number of ether oxygens (including phenoxy) is 2. The number of carboxylic acid groups (broad SMARTS) is 1. The number of carbonyl (C=O) groups is 1. The summed E-state index contributed by atoms with van der Waals surface area (Å²) in [6.45, 7) is 2.44. The summed E-state index contributed by atoms with van der Waals surface area (Å²) >= 11 is 1.09. The third-order valence-corrected chi connectivity index (χ3v) is 3.10. The average Bonchev–Trinajstić information content (AvgIpc) is 2.81. The van der Waals surface area contributed by atoms with Crippen LogP contribution in [-0.4, -0.2) is 17.7 Å². The van der Waals surface area contributed by atoms with Gasteiger partial charge >= 0.3 is 5.97 Å². The lowest BCUT2D eigenvalue weighted by atomic mass is 10.3. The zero-order valence-corrected chi connectivity index (χ0v) is 10.6. The molecule has 1 aromatic carbocycles. The predicted octanol–water partition coefficient (Wildman–Crippen LogP) is 3.64. The van der Waals surface area contributed by atoms with Crippen LogP contribution in [0.3, 0.4) is 0 Å². The van der Waals surface area contributed by atoms with E-state index in [0.29, 0.717) is 23.2 Å². The third kappa shape index (κ3) is 2.81. The van der Waals surface area contributed by atoms with Gasteiger partial charge in [0.05, 0.1) is 6.61 Å². The minimum Gasteiger partial charge on any atom is -0.490 e. The molecule has 2 aromatic rings. The molecule has 0 fully saturated rings. The number of rotatable bonds is 5. The maximum atomic E-state index is 10.8. The van der Waals surface area contributed by atoms with E-state index in [9.17, 15) is 4.79 Å². The van der Waals surface area contributed by atoms with Gasteiger partial charge in [-0.25, -0.2) is 4.79 Å². The zero-order valence-electron chi connectivity index (χ0n) is 9.75. The molecule has 0 bridgehead atoms. The van der Waals surface area contributed by atoms with Crippen molar-refractivity contribution in [3.8, 4) is 16.6 Å². The molecule has 4 nitrogen and oxygen atoms in total. The molecule has 0 amide bonds. The summed E-state index contributed by atoms with van der Waals surface area (Å²) in [6, 6.07) is 10.4. The van der Waals surface area contributed by atoms with Crippen molar-refractivity contribution in [2.45, 2.75) is 6.92 Å². The zero-order chi connectivity index (χ0) is 13.0. The molecule has 0 aliphatic heterocycles. The first-order chi connectivity index (χ1) is 8.70. The predicted molar refractivity (Wildman–Crippen MR) is 69.0 cm³/mol. The number of aromatic carboxylic acids is 1. The number of thiophene rings is 1. The Morgan fingerprint density at radius 1 is 1.22 bits per heavy atom. The molecule has 0 saturated heterocycles. The smallest absolute Gasteiger partial charge is 0.345 e. The van der Waals surface area contributed by atoms with Crippen molar-refractivity contribution in [3.05, 3.63) is 41.3 Å². The average molecular weight is 264 g/mol. The van der Waals surface area contributed by atoms with E-state index in [1.807, 2.05) is 25.1 Å². The van der Waals surface area contributed by atoms with Gasteiger partial charge in [-0.05, 0) is 31.2 Å². The molecule has 0 unspecified atom stereocenters. The molecule has 0 saturated carbocycles. The highest BCUT2D eigenvalue weighted by Crippen LogP contribution is 2.34. The molecule has 1 aromatic heterocycles. The van der Waals surface area contributed by atoms with Crippen LogP contribution in [0.25, 0.3) is 0 Å². The maximum absolute atomic E-state index is 10.8. The van der Waals surface area contributed by atoms with Gasteiger partial charge < -0.3 is 14.6 Å². The maximum Gasteiger partial charge on any atom is 0.345 e. The summed E-state index contributed by atoms with van der Waals surface area (Å²) in [5.74, 6) is 0.274. The molecule has 0 radical (unpaired) electrons. The first kappa shape index (κ1) is 12.4. The quantitative estimate of drug-likeness (QED) is 0.895. The van der Waals surface area contributed by atoms with Gasteiger partial charge in [-0.15, -0.1) is 0 Å². The molecule has 0 aliphatic rings. The van der Waals surface area contributed by atoms with E-state index in [2.05, 4.69) is 0 Å². The van der Waals surface area contributed by atoms with Crippen LogP contribution in [0, 0.1) is 0 Å². The second-order valence-electron chi connectivity index (χ2n) is 3.41. The molecular formula is C13H12O4S. The lowest BCUT2D eigenvalue weighted by Crippen LogP contribution is -1.93. The van der Waals surface area contributed by atoms with Crippen LogP contribution < -0.4 is 9.47 Å². The van der Waals surface area contributed by atoms with Crippen molar-refractivity contribution >= 4 is 17.3 Å². The lowest BCUT2D eigenvalue weighted by Gasteiger charge is -2.09. The topological polar surface area (TPSA) is 55.8 Å². The minimum atomic E-state index is -0.951. The van der Waals surface area contributed by atoms with E-state index in [-0.39, 0.29) is 4.88 Å². The Morgan fingerprint density at radius 3 is 2.56 bits per heavy atom. The highest BCUT2D eigenvalue weighted by molar-refractivity contribution is 7.15. The van der Waals surface area contributed by atoms with E-state index in [1.165, 1.54) is 6.07 Å². The number of benzene rings is 1. The van der Waals surface area contributed by atoms with Gasteiger partial charge in [-0.3, -0.25) is 0 Å². The van der Waals surface area contributed by atoms with Crippen molar-refractivity contribution in [2.75, 3.05) is 6.61 Å². The van der Waals surface area contributed by atoms with Gasteiger partial charge in [-0.2, -0.15) is 0 Å². The van der Waals surface area contributed by atoms with Crippen LogP contribution in [-0.2, 0) is 0 Å². The van der Waals surface area contributed by atoms with E-state index in [0.717, 1.165) is 11.3 Å². The second-order valence-corrected chi connectivity index (χ2v) is 4.45. The Balaban J connectivity index is 2.19. The summed E-state index contributed by atoms with van der Waals surface area (Å²) in [6.07, 6.45) is 0. The van der Waals surface area contributed by atoms with Crippen molar-refractivity contribution in [2.24, 2.45) is 0 Å². The van der Waals surface area contributed by atoms with Gasteiger partial charge in [0.15, 0.2) is 16.6 Å². The first-order valence-electron chi connectivity index (χ1n) is 5.43. The molecule has 1 N–H and O–H groups in total. The van der Waals surface area contributed by atoms with Crippen molar-refractivity contribution < 1.29 is 19.4 Å². The lowest BCUT2D eigenvalue weighted by molar-refractivity contribution is 0.0702. The van der Waals surface area contributed by atoms with Crippen LogP contribution in [0.1, 0.15) is 16.6 Å². The molecular weight excluding hydrogens is 252 g/mol. The van der Waals surface area contributed by atoms with Crippen LogP contribution in [0.2, 0.25) is 0 Å². The van der Waals surface area contributed by atoms with Gasteiger partial charge in [-0.1, -0.05) is 23.5 Å². The number of hydrogen-bond donors (Lipinski definition) is 1. The molecule has 1 heterocycles. The Kier molecular flexibility index (Phi) is 3.84. The highest BCUT2D eigenvalue weighted by atomic mass is 32.1. The Morgan fingerprint density at radius 2 is 1.94 bits per heavy atom. The second kappa shape index (κ2) is 5.55. The Hall–Kier alpha value is -2.01. The molecule has 0 aliphatic carbocycles. The van der Waals surface area contributed by atoms with E-state index in [1.54, 1.807) is 12.1 Å². The number of para-hydroxylation sites is 2. The van der Waals surface area contributed by atoms with E-state index >= 15 is 0 Å². The molecule has 5 heteroatoms. The summed E-state index contributed by atoms with van der Waals surface area (Å²) in [5.41, 5.74) is 0. The van der Waals surface area contributed by atoms with Crippen molar-refractivity contribution in [1.29, 1.82) is 0 Å². The monoisotopic (exact) mass is 264 g/mol. The fourth-order valence-corrected chi connectivity index (χ4v) is 2.12. The molecule has 0 atom stereocenters. The summed E-state index contributed by atoms with van der Waals surface area (Å²) in [5, 5.41) is 9.36. The Labute approximate surface area is 108 Å². The van der Waals surface area contributed by atoms with Gasteiger partial charge in [0.2, 0.25) is 0 Å². The highest BCUT2D eigenvalue weighted by Gasteiger charge is 2.10. The van der Waals surface area contributed by atoms with Crippen LogP contribution in [0.4, 0.5) is 0 Å². The van der Waals surface area contributed by atoms with Crippen molar-refractivity contribution in [1.82, 2.24) is 0 Å². The van der Waals surface area contributed by atoms with Gasteiger partial charge in [0.1, 0.15) is 4.88 Å². The molecule has 0 spiro atoms. The first-order valence-corrected chi connectivity index (χ1v) is 6.25. The normalized spacial score (nSPS) is 10.1.